The molecule has 4 heteroatoms. The molecular formula is C12H16N2O2. The van der Waals surface area contributed by atoms with Gasteiger partial charge in [0.15, 0.2) is 0 Å². The lowest BCUT2D eigenvalue weighted by molar-refractivity contribution is 0.0697. The Bertz CT molecular complexity index is 392. The Morgan fingerprint density at radius 1 is 1.44 bits per heavy atom. The first-order chi connectivity index (χ1) is 7.65. The molecule has 0 saturated heterocycles. The van der Waals surface area contributed by atoms with Crippen LogP contribution in [-0.2, 0) is 0 Å². The Balaban J connectivity index is 2.04. The van der Waals surface area contributed by atoms with Gasteiger partial charge in [-0.05, 0) is 37.5 Å². The lowest BCUT2D eigenvalue weighted by atomic mass is 10.1. The molecule has 1 saturated carbocycles. The predicted octanol–water partition coefficient (Wildman–Crippen LogP) is 1.68. The summed E-state index contributed by atoms with van der Waals surface area (Å²) >= 11 is 0. The van der Waals surface area contributed by atoms with E-state index in [4.69, 9.17) is 10.8 Å². The number of carbonyl (C=O) groups is 1. The molecular weight excluding hydrogens is 204 g/mol. The van der Waals surface area contributed by atoms with E-state index in [1.165, 1.54) is 0 Å². The molecule has 0 spiro atoms. The molecule has 0 heterocycles. The molecule has 2 unspecified atom stereocenters. The SMILES string of the molecule is NC1CCC(Nc2cccc(C(=O)O)c2)C1. The van der Waals surface area contributed by atoms with E-state index in [9.17, 15) is 4.79 Å². The molecule has 1 fully saturated rings. The summed E-state index contributed by atoms with van der Waals surface area (Å²) in [4.78, 5) is 10.8. The number of rotatable bonds is 3. The van der Waals surface area contributed by atoms with Gasteiger partial charge in [0.05, 0.1) is 5.56 Å². The number of carboxylic acids is 1. The highest BCUT2D eigenvalue weighted by Crippen LogP contribution is 2.22. The maximum Gasteiger partial charge on any atom is 0.335 e. The quantitative estimate of drug-likeness (QED) is 0.724. The van der Waals surface area contributed by atoms with Gasteiger partial charge < -0.3 is 16.2 Å². The summed E-state index contributed by atoms with van der Waals surface area (Å²) in [6.07, 6.45) is 3.05. The molecule has 0 bridgehead atoms. The van der Waals surface area contributed by atoms with Crippen LogP contribution >= 0.6 is 0 Å². The van der Waals surface area contributed by atoms with E-state index in [0.29, 0.717) is 11.6 Å². The highest BCUT2D eigenvalue weighted by molar-refractivity contribution is 5.88. The highest BCUT2D eigenvalue weighted by Gasteiger charge is 2.21. The van der Waals surface area contributed by atoms with Gasteiger partial charge in [-0.1, -0.05) is 6.07 Å². The lowest BCUT2D eigenvalue weighted by Gasteiger charge is -2.14. The van der Waals surface area contributed by atoms with Crippen LogP contribution in [0.25, 0.3) is 0 Å². The summed E-state index contributed by atoms with van der Waals surface area (Å²) < 4.78 is 0. The van der Waals surface area contributed by atoms with E-state index in [1.807, 2.05) is 6.07 Å². The lowest BCUT2D eigenvalue weighted by Crippen LogP contribution is -2.20. The van der Waals surface area contributed by atoms with Crippen molar-refractivity contribution < 1.29 is 9.90 Å². The standard InChI is InChI=1S/C12H16N2O2/c13-9-4-5-11(7-9)14-10-3-1-2-8(6-10)12(15)16/h1-3,6,9,11,14H,4-5,7,13H2,(H,15,16). The van der Waals surface area contributed by atoms with Crippen LogP contribution in [0, 0.1) is 0 Å². The maximum atomic E-state index is 10.8. The van der Waals surface area contributed by atoms with Crippen molar-refractivity contribution in [1.82, 2.24) is 0 Å². The molecule has 1 aromatic rings. The molecule has 0 radical (unpaired) electrons. The number of anilines is 1. The minimum absolute atomic E-state index is 0.278. The van der Waals surface area contributed by atoms with Crippen LogP contribution in [0.5, 0.6) is 0 Å². The van der Waals surface area contributed by atoms with Gasteiger partial charge in [-0.2, -0.15) is 0 Å². The van der Waals surface area contributed by atoms with Gasteiger partial charge in [0.1, 0.15) is 0 Å². The molecule has 1 aliphatic carbocycles. The van der Waals surface area contributed by atoms with E-state index < -0.39 is 5.97 Å². The third kappa shape index (κ3) is 2.52. The van der Waals surface area contributed by atoms with Crippen molar-refractivity contribution in [3.63, 3.8) is 0 Å². The number of nitrogens with one attached hydrogen (secondary N) is 1. The van der Waals surface area contributed by atoms with Crippen LogP contribution in [0.4, 0.5) is 5.69 Å². The molecule has 0 aromatic heterocycles. The first kappa shape index (κ1) is 11.0. The zero-order valence-corrected chi connectivity index (χ0v) is 9.02. The normalized spacial score (nSPS) is 24.3. The largest absolute Gasteiger partial charge is 0.478 e. The first-order valence-corrected chi connectivity index (χ1v) is 5.50. The molecule has 0 amide bonds. The Kier molecular flexibility index (Phi) is 3.10. The van der Waals surface area contributed by atoms with Crippen LogP contribution in [-0.4, -0.2) is 23.2 Å². The second kappa shape index (κ2) is 4.53. The smallest absolute Gasteiger partial charge is 0.335 e. The molecule has 86 valence electrons. The van der Waals surface area contributed by atoms with E-state index >= 15 is 0 Å². The second-order valence-corrected chi connectivity index (χ2v) is 4.30. The van der Waals surface area contributed by atoms with E-state index in [-0.39, 0.29) is 6.04 Å². The van der Waals surface area contributed by atoms with Crippen molar-refractivity contribution in [3.05, 3.63) is 29.8 Å². The van der Waals surface area contributed by atoms with Gasteiger partial charge in [0, 0.05) is 17.8 Å². The van der Waals surface area contributed by atoms with E-state index in [0.717, 1.165) is 24.9 Å². The van der Waals surface area contributed by atoms with Gasteiger partial charge in [0.2, 0.25) is 0 Å². The van der Waals surface area contributed by atoms with Crippen LogP contribution in [0.1, 0.15) is 29.6 Å². The highest BCUT2D eigenvalue weighted by atomic mass is 16.4. The first-order valence-electron chi connectivity index (χ1n) is 5.50. The molecule has 4 N–H and O–H groups in total. The summed E-state index contributed by atoms with van der Waals surface area (Å²) in [7, 11) is 0. The third-order valence-corrected chi connectivity index (χ3v) is 2.95. The topological polar surface area (TPSA) is 75.3 Å². The number of aromatic carboxylic acids is 1. The number of hydrogen-bond acceptors (Lipinski definition) is 3. The molecule has 2 atom stereocenters. The Labute approximate surface area is 94.5 Å². The molecule has 1 aliphatic rings. The van der Waals surface area contributed by atoms with Crippen molar-refractivity contribution in [2.24, 2.45) is 5.73 Å². The number of benzene rings is 1. The number of hydrogen-bond donors (Lipinski definition) is 3. The average molecular weight is 220 g/mol. The average Bonchev–Trinajstić information content (AvgIpc) is 2.64. The van der Waals surface area contributed by atoms with Gasteiger partial charge >= 0.3 is 5.97 Å². The fourth-order valence-corrected chi connectivity index (χ4v) is 2.13. The van der Waals surface area contributed by atoms with Crippen LogP contribution in [0.2, 0.25) is 0 Å². The Morgan fingerprint density at radius 2 is 2.25 bits per heavy atom. The van der Waals surface area contributed by atoms with Gasteiger partial charge in [0.25, 0.3) is 0 Å². The zero-order valence-electron chi connectivity index (χ0n) is 9.02. The molecule has 16 heavy (non-hydrogen) atoms. The number of nitrogens with two attached hydrogens (primary N) is 1. The summed E-state index contributed by atoms with van der Waals surface area (Å²) in [5, 5.41) is 12.2. The van der Waals surface area contributed by atoms with Crippen molar-refractivity contribution in [2.45, 2.75) is 31.3 Å². The monoisotopic (exact) mass is 220 g/mol. The van der Waals surface area contributed by atoms with E-state index in [2.05, 4.69) is 5.32 Å². The molecule has 1 aromatic carbocycles. The van der Waals surface area contributed by atoms with Crippen molar-refractivity contribution in [3.8, 4) is 0 Å². The summed E-state index contributed by atoms with van der Waals surface area (Å²) in [5.74, 6) is -0.897. The summed E-state index contributed by atoms with van der Waals surface area (Å²) in [5.41, 5.74) is 7.00. The van der Waals surface area contributed by atoms with Crippen molar-refractivity contribution in [1.29, 1.82) is 0 Å². The summed E-state index contributed by atoms with van der Waals surface area (Å²) in [6, 6.07) is 7.54. The summed E-state index contributed by atoms with van der Waals surface area (Å²) in [6.45, 7) is 0. The van der Waals surface area contributed by atoms with Crippen molar-refractivity contribution in [2.75, 3.05) is 5.32 Å². The zero-order chi connectivity index (χ0) is 11.5. The van der Waals surface area contributed by atoms with Crippen molar-refractivity contribution >= 4 is 11.7 Å². The minimum atomic E-state index is -0.897. The van der Waals surface area contributed by atoms with Gasteiger partial charge in [-0.3, -0.25) is 0 Å². The third-order valence-electron chi connectivity index (χ3n) is 2.95. The van der Waals surface area contributed by atoms with Crippen LogP contribution < -0.4 is 11.1 Å². The molecule has 0 aliphatic heterocycles. The van der Waals surface area contributed by atoms with Crippen LogP contribution in [0.15, 0.2) is 24.3 Å². The molecule has 4 nitrogen and oxygen atoms in total. The minimum Gasteiger partial charge on any atom is -0.478 e. The Morgan fingerprint density at radius 3 is 2.88 bits per heavy atom. The Hall–Kier alpha value is -1.55. The molecule has 2 rings (SSSR count). The fourth-order valence-electron chi connectivity index (χ4n) is 2.13. The predicted molar refractivity (Wildman–Crippen MR) is 62.6 cm³/mol. The maximum absolute atomic E-state index is 10.8. The number of carboxylic acid groups (broad SMARTS) is 1. The van der Waals surface area contributed by atoms with E-state index in [1.54, 1.807) is 18.2 Å². The fraction of sp³-hybridized carbons (Fsp3) is 0.417. The van der Waals surface area contributed by atoms with Gasteiger partial charge in [-0.15, -0.1) is 0 Å². The second-order valence-electron chi connectivity index (χ2n) is 4.30. The van der Waals surface area contributed by atoms with Gasteiger partial charge in [-0.25, -0.2) is 4.79 Å². The van der Waals surface area contributed by atoms with Crippen LogP contribution in [0.3, 0.4) is 0 Å².